The molecule has 1 unspecified atom stereocenters. The number of nitrogens with two attached hydrogens (primary N) is 1. The molecule has 42 heavy (non-hydrogen) atoms. The maximum Gasteiger partial charge on any atom is 0.271 e. The lowest BCUT2D eigenvalue weighted by molar-refractivity contribution is -0.137. The van der Waals surface area contributed by atoms with E-state index in [4.69, 9.17) is 19.9 Å². The Hall–Kier alpha value is -3.92. The Morgan fingerprint density at radius 2 is 1.79 bits per heavy atom. The third-order valence-corrected chi connectivity index (χ3v) is 7.26. The number of nitrogens with one attached hydrogen (secondary N) is 2. The molecule has 0 aromatic heterocycles. The van der Waals surface area contributed by atoms with E-state index in [9.17, 15) is 19.2 Å². The average molecular weight is 582 g/mol. The van der Waals surface area contributed by atoms with E-state index in [1.807, 2.05) is 6.07 Å². The van der Waals surface area contributed by atoms with Gasteiger partial charge >= 0.3 is 0 Å². The molecule has 4 rings (SSSR count). The third kappa shape index (κ3) is 8.55. The van der Waals surface area contributed by atoms with Gasteiger partial charge in [-0.1, -0.05) is 17.9 Å². The Balaban J connectivity index is 1.05. The zero-order valence-electron chi connectivity index (χ0n) is 23.8. The normalized spacial score (nSPS) is 18.8. The quantitative estimate of drug-likeness (QED) is 0.129. The third-order valence-electron chi connectivity index (χ3n) is 7.26. The molecule has 12 heteroatoms. The zero-order chi connectivity index (χ0) is 29.7. The lowest BCUT2D eigenvalue weighted by atomic mass is 10.0. The van der Waals surface area contributed by atoms with E-state index in [1.54, 1.807) is 17.0 Å². The number of fused-ring (bicyclic) bond motifs is 1. The van der Waals surface area contributed by atoms with E-state index < -0.39 is 11.9 Å². The summed E-state index contributed by atoms with van der Waals surface area (Å²) < 4.78 is 16.5. The number of imide groups is 1. The van der Waals surface area contributed by atoms with Crippen LogP contribution in [0.3, 0.4) is 0 Å². The van der Waals surface area contributed by atoms with Crippen LogP contribution in [0.25, 0.3) is 0 Å². The van der Waals surface area contributed by atoms with Crippen LogP contribution in [0.4, 0.5) is 0 Å². The minimum atomic E-state index is -0.656. The summed E-state index contributed by atoms with van der Waals surface area (Å²) in [7, 11) is 0. The van der Waals surface area contributed by atoms with E-state index >= 15 is 0 Å². The molecular weight excluding hydrogens is 542 g/mol. The first-order chi connectivity index (χ1) is 20.5. The van der Waals surface area contributed by atoms with E-state index in [-0.39, 0.29) is 43.0 Å². The molecule has 1 atom stereocenters. The number of hydrogen-bond donors (Lipinski definition) is 3. The van der Waals surface area contributed by atoms with Crippen LogP contribution in [-0.2, 0) is 35.1 Å². The highest BCUT2D eigenvalue weighted by Crippen LogP contribution is 2.29. The first-order valence-electron chi connectivity index (χ1n) is 14.4. The van der Waals surface area contributed by atoms with Gasteiger partial charge in [-0.15, -0.1) is 0 Å². The molecule has 12 nitrogen and oxygen atoms in total. The van der Waals surface area contributed by atoms with Crippen LogP contribution in [0.5, 0.6) is 0 Å². The highest BCUT2D eigenvalue weighted by molar-refractivity contribution is 6.05. The van der Waals surface area contributed by atoms with E-state index in [2.05, 4.69) is 22.5 Å². The molecule has 0 aliphatic carbocycles. The van der Waals surface area contributed by atoms with E-state index in [0.717, 1.165) is 37.9 Å². The summed E-state index contributed by atoms with van der Waals surface area (Å²) in [5, 5.41) is 5.32. The molecule has 0 bridgehead atoms. The van der Waals surface area contributed by atoms with Gasteiger partial charge in [0.05, 0.1) is 33.0 Å². The molecule has 4 N–H and O–H groups in total. The second kappa shape index (κ2) is 15.9. The zero-order valence-corrected chi connectivity index (χ0v) is 23.8. The largest absolute Gasteiger partial charge is 0.393 e. The van der Waals surface area contributed by atoms with Crippen molar-refractivity contribution in [3.05, 3.63) is 46.8 Å². The number of benzene rings is 1. The van der Waals surface area contributed by atoms with Crippen molar-refractivity contribution in [3.63, 3.8) is 0 Å². The number of rotatable bonds is 13. The van der Waals surface area contributed by atoms with Crippen molar-refractivity contribution in [2.75, 3.05) is 59.3 Å². The second-order valence-electron chi connectivity index (χ2n) is 10.2. The minimum absolute atomic E-state index is 0.122. The molecule has 3 aliphatic heterocycles. The number of carbonyl (C=O) groups excluding carboxylic acids is 4. The molecule has 0 saturated carbocycles. The van der Waals surface area contributed by atoms with Crippen LogP contribution in [0.2, 0.25) is 0 Å². The van der Waals surface area contributed by atoms with Crippen LogP contribution in [0.15, 0.2) is 30.1 Å². The Kier molecular flexibility index (Phi) is 11.8. The van der Waals surface area contributed by atoms with E-state index in [0.29, 0.717) is 57.1 Å². The molecule has 0 radical (unpaired) electrons. The Morgan fingerprint density at radius 3 is 2.55 bits per heavy atom. The predicted molar refractivity (Wildman–Crippen MR) is 153 cm³/mol. The summed E-state index contributed by atoms with van der Waals surface area (Å²) in [5.74, 6) is 4.94. The first-order valence-corrected chi connectivity index (χ1v) is 14.4. The van der Waals surface area contributed by atoms with Gasteiger partial charge in [-0.25, -0.2) is 0 Å². The minimum Gasteiger partial charge on any atom is -0.393 e. The van der Waals surface area contributed by atoms with Crippen molar-refractivity contribution in [2.45, 2.75) is 44.7 Å². The smallest absolute Gasteiger partial charge is 0.271 e. The van der Waals surface area contributed by atoms with Crippen LogP contribution < -0.4 is 16.4 Å². The van der Waals surface area contributed by atoms with Gasteiger partial charge in [-0.3, -0.25) is 24.5 Å². The van der Waals surface area contributed by atoms with E-state index in [1.165, 1.54) is 11.1 Å². The van der Waals surface area contributed by atoms with Crippen LogP contribution >= 0.6 is 0 Å². The van der Waals surface area contributed by atoms with Crippen molar-refractivity contribution in [3.8, 4) is 11.8 Å². The predicted octanol–water partition coefficient (Wildman–Crippen LogP) is 0.251. The molecule has 2 saturated heterocycles. The van der Waals surface area contributed by atoms with Crippen LogP contribution in [-0.4, -0.2) is 98.7 Å². The molecule has 2 fully saturated rings. The lowest BCUT2D eigenvalue weighted by Crippen LogP contribution is -2.52. The number of amides is 4. The van der Waals surface area contributed by atoms with Gasteiger partial charge < -0.3 is 35.1 Å². The van der Waals surface area contributed by atoms with Gasteiger partial charge in [0.15, 0.2) is 0 Å². The van der Waals surface area contributed by atoms with Crippen molar-refractivity contribution >= 4 is 23.6 Å². The highest BCUT2D eigenvalue weighted by atomic mass is 16.5. The molecule has 0 spiro atoms. The average Bonchev–Trinajstić information content (AvgIpc) is 3.33. The Labute approximate surface area is 245 Å². The fraction of sp³-hybridized carbons (Fsp3) is 0.533. The fourth-order valence-corrected chi connectivity index (χ4v) is 5.05. The molecular formula is C30H39N5O7. The van der Waals surface area contributed by atoms with Crippen molar-refractivity contribution in [2.24, 2.45) is 5.73 Å². The van der Waals surface area contributed by atoms with Crippen molar-refractivity contribution < 1.29 is 33.4 Å². The summed E-state index contributed by atoms with van der Waals surface area (Å²) in [6.07, 6.45) is 5.28. The van der Waals surface area contributed by atoms with Crippen LogP contribution in [0, 0.1) is 11.8 Å². The van der Waals surface area contributed by atoms with Gasteiger partial charge in [0.2, 0.25) is 11.8 Å². The lowest BCUT2D eigenvalue weighted by Gasteiger charge is -2.29. The summed E-state index contributed by atoms with van der Waals surface area (Å²) in [6, 6.07) is 4.68. The van der Waals surface area contributed by atoms with Gasteiger partial charge in [0, 0.05) is 49.9 Å². The topological polar surface area (TPSA) is 153 Å². The van der Waals surface area contributed by atoms with Gasteiger partial charge in [-0.05, 0) is 43.4 Å². The number of hydrogen-bond acceptors (Lipinski definition) is 9. The van der Waals surface area contributed by atoms with Crippen molar-refractivity contribution in [1.29, 1.82) is 0 Å². The molecule has 3 heterocycles. The molecule has 4 amide bonds. The van der Waals surface area contributed by atoms with Crippen molar-refractivity contribution in [1.82, 2.24) is 20.4 Å². The highest BCUT2D eigenvalue weighted by Gasteiger charge is 2.39. The summed E-state index contributed by atoms with van der Waals surface area (Å²) >= 11 is 0. The Bertz CT molecular complexity index is 1230. The van der Waals surface area contributed by atoms with Gasteiger partial charge in [-0.2, -0.15) is 0 Å². The standard InChI is InChI=1S/C30H39N5O7/c31-25(30(39)34-12-2-1-3-13-34)20-32-11-15-41-17-19-42-18-16-40-14-5-7-22-6-4-8-23-24(22)21-35(29(23)38)26-9-10-27(36)33-28(26)37/h4,6,8,20,26,32H,1-3,9-19,21,31H2,(H,33,36,37)/b25-20-. The number of piperidine rings is 2. The van der Waals surface area contributed by atoms with Crippen LogP contribution in [0.1, 0.15) is 53.6 Å². The number of ether oxygens (including phenoxy) is 3. The molecule has 226 valence electrons. The molecule has 3 aliphatic rings. The van der Waals surface area contributed by atoms with Gasteiger partial charge in [0.25, 0.3) is 11.8 Å². The molecule has 1 aromatic rings. The maximum atomic E-state index is 12.9. The summed E-state index contributed by atoms with van der Waals surface area (Å²) in [5.41, 5.74) is 8.11. The SMILES string of the molecule is N/C(=C\NCCOCCOCCOCC#Cc1cccc2c1CN(C1CCC(=O)NC1=O)C2=O)C(=O)N1CCCCC1. The van der Waals surface area contributed by atoms with Gasteiger partial charge in [0.1, 0.15) is 18.3 Å². The fourth-order valence-electron chi connectivity index (χ4n) is 5.05. The number of nitrogens with zero attached hydrogens (tertiary/aromatic N) is 2. The second-order valence-corrected chi connectivity index (χ2v) is 10.2. The summed E-state index contributed by atoms with van der Waals surface area (Å²) in [6.45, 7) is 4.63. The maximum absolute atomic E-state index is 12.9. The molecule has 1 aromatic carbocycles. The first kappa shape index (κ1) is 31.0. The monoisotopic (exact) mass is 581 g/mol. The Morgan fingerprint density at radius 1 is 1.05 bits per heavy atom. The summed E-state index contributed by atoms with van der Waals surface area (Å²) in [4.78, 5) is 52.2. The number of likely N-dealkylation sites (tertiary alicyclic amines) is 1. The number of carbonyl (C=O) groups is 4.